The lowest BCUT2D eigenvalue weighted by Gasteiger charge is -2.29. The van der Waals surface area contributed by atoms with Crippen molar-refractivity contribution >= 4 is 33.5 Å². The summed E-state index contributed by atoms with van der Waals surface area (Å²) in [6.07, 6.45) is 9.18. The highest BCUT2D eigenvalue weighted by Crippen LogP contribution is 2.23. The van der Waals surface area contributed by atoms with Crippen molar-refractivity contribution in [2.45, 2.75) is 13.2 Å². The molecule has 1 aliphatic rings. The normalized spacial score (nSPS) is 14.1. The Kier molecular flexibility index (Phi) is 8.20. The van der Waals surface area contributed by atoms with Gasteiger partial charge in [-0.1, -0.05) is 5.92 Å². The van der Waals surface area contributed by atoms with Crippen LogP contribution in [-0.2, 0) is 28.0 Å². The largest absolute Gasteiger partial charge is 0.354 e. The number of terminal acetylenes is 1. The van der Waals surface area contributed by atoms with Gasteiger partial charge in [-0.25, -0.2) is 22.2 Å². The van der Waals surface area contributed by atoms with E-state index in [4.69, 9.17) is 6.42 Å². The van der Waals surface area contributed by atoms with Crippen molar-refractivity contribution in [1.82, 2.24) is 15.6 Å². The molecule has 0 unspecified atom stereocenters. The number of carbonyl (C=O) groups excluding carboxylic acids is 1. The van der Waals surface area contributed by atoms with Gasteiger partial charge in [0.05, 0.1) is 23.2 Å². The fourth-order valence-corrected chi connectivity index (χ4v) is 3.99. The molecular formula is C23H25F2N5O3S. The third-order valence-corrected chi connectivity index (χ3v) is 5.57. The molecule has 2 heterocycles. The highest BCUT2D eigenvalue weighted by Gasteiger charge is 2.16. The Morgan fingerprint density at radius 2 is 2.06 bits per heavy atom. The maximum Gasteiger partial charge on any atom is 0.244 e. The van der Waals surface area contributed by atoms with Crippen molar-refractivity contribution in [3.63, 3.8) is 0 Å². The highest BCUT2D eigenvalue weighted by molar-refractivity contribution is 7.92. The second kappa shape index (κ2) is 11.1. The van der Waals surface area contributed by atoms with Crippen molar-refractivity contribution in [1.29, 1.82) is 0 Å². The summed E-state index contributed by atoms with van der Waals surface area (Å²) in [6.45, 7) is 2.27. The van der Waals surface area contributed by atoms with Crippen LogP contribution in [0.15, 0.2) is 30.3 Å². The number of anilines is 2. The molecule has 180 valence electrons. The first-order valence-corrected chi connectivity index (χ1v) is 12.3. The number of amides is 1. The Balaban J connectivity index is 1.71. The van der Waals surface area contributed by atoms with Gasteiger partial charge in [0.25, 0.3) is 0 Å². The third kappa shape index (κ3) is 6.76. The van der Waals surface area contributed by atoms with E-state index in [1.807, 2.05) is 4.90 Å². The number of pyridine rings is 1. The number of nitrogens with zero attached hydrogens (tertiary/aromatic N) is 2. The second-order valence-electron chi connectivity index (χ2n) is 7.66. The molecule has 1 saturated heterocycles. The summed E-state index contributed by atoms with van der Waals surface area (Å²) in [4.78, 5) is 18.8. The first-order chi connectivity index (χ1) is 16.2. The van der Waals surface area contributed by atoms with Gasteiger partial charge in [-0.15, -0.1) is 6.42 Å². The van der Waals surface area contributed by atoms with Crippen molar-refractivity contribution in [2.75, 3.05) is 42.1 Å². The number of benzene rings is 1. The van der Waals surface area contributed by atoms with Crippen molar-refractivity contribution in [3.8, 4) is 12.3 Å². The first kappa shape index (κ1) is 25.1. The van der Waals surface area contributed by atoms with Gasteiger partial charge in [0.2, 0.25) is 15.9 Å². The summed E-state index contributed by atoms with van der Waals surface area (Å²) in [5.74, 6) is 1.56. The molecule has 0 saturated carbocycles. The number of piperazine rings is 1. The summed E-state index contributed by atoms with van der Waals surface area (Å²) >= 11 is 0. The van der Waals surface area contributed by atoms with E-state index in [-0.39, 0.29) is 17.8 Å². The number of nitrogens with one attached hydrogen (secondary N) is 3. The number of aromatic nitrogens is 1. The van der Waals surface area contributed by atoms with Gasteiger partial charge in [0.1, 0.15) is 18.3 Å². The predicted molar refractivity (Wildman–Crippen MR) is 128 cm³/mol. The molecule has 0 atom stereocenters. The van der Waals surface area contributed by atoms with Crippen LogP contribution in [0.1, 0.15) is 22.4 Å². The molecule has 1 fully saturated rings. The Hall–Kier alpha value is -3.49. The van der Waals surface area contributed by atoms with Crippen molar-refractivity contribution in [3.05, 3.63) is 58.5 Å². The van der Waals surface area contributed by atoms with Crippen LogP contribution in [0.25, 0.3) is 6.08 Å². The van der Waals surface area contributed by atoms with Crippen LogP contribution in [0, 0.1) is 18.2 Å². The van der Waals surface area contributed by atoms with Gasteiger partial charge < -0.3 is 15.5 Å². The van der Waals surface area contributed by atoms with E-state index in [1.165, 1.54) is 12.1 Å². The summed E-state index contributed by atoms with van der Waals surface area (Å²) in [5, 5.41) is 5.88. The smallest absolute Gasteiger partial charge is 0.244 e. The molecule has 0 radical (unpaired) electrons. The summed E-state index contributed by atoms with van der Waals surface area (Å²) < 4.78 is 52.5. The van der Waals surface area contributed by atoms with E-state index in [1.54, 1.807) is 18.2 Å². The Morgan fingerprint density at radius 3 is 2.71 bits per heavy atom. The monoisotopic (exact) mass is 489 g/mol. The van der Waals surface area contributed by atoms with E-state index < -0.39 is 28.4 Å². The van der Waals surface area contributed by atoms with Crippen LogP contribution in [0.4, 0.5) is 20.3 Å². The number of carbonyl (C=O) groups is 1. The molecule has 0 bridgehead atoms. The molecule has 0 spiro atoms. The molecule has 2 aromatic rings. The number of hydrogen-bond acceptors (Lipinski definition) is 6. The van der Waals surface area contributed by atoms with Gasteiger partial charge in [0.15, 0.2) is 0 Å². The quantitative estimate of drug-likeness (QED) is 0.386. The van der Waals surface area contributed by atoms with Crippen LogP contribution in [0.2, 0.25) is 0 Å². The summed E-state index contributed by atoms with van der Waals surface area (Å²) in [7, 11) is -3.72. The molecule has 1 amide bonds. The number of hydrogen-bond donors (Lipinski definition) is 3. The van der Waals surface area contributed by atoms with Crippen molar-refractivity contribution < 1.29 is 22.0 Å². The molecular weight excluding hydrogens is 464 g/mol. The fraction of sp³-hybridized carbons (Fsp3) is 0.304. The van der Waals surface area contributed by atoms with E-state index in [0.29, 0.717) is 35.7 Å². The molecule has 1 aromatic heterocycles. The average Bonchev–Trinajstić information content (AvgIpc) is 2.82. The number of alkyl halides is 1. The van der Waals surface area contributed by atoms with Gasteiger partial charge in [-0.05, 0) is 35.9 Å². The zero-order valence-corrected chi connectivity index (χ0v) is 19.4. The maximum absolute atomic E-state index is 14.4. The van der Waals surface area contributed by atoms with E-state index in [9.17, 15) is 22.0 Å². The Morgan fingerprint density at radius 1 is 1.32 bits per heavy atom. The average molecular weight is 490 g/mol. The second-order valence-corrected chi connectivity index (χ2v) is 9.40. The van der Waals surface area contributed by atoms with Gasteiger partial charge in [-0.3, -0.25) is 9.52 Å². The molecule has 0 aliphatic carbocycles. The summed E-state index contributed by atoms with van der Waals surface area (Å²) in [5.41, 5.74) is 1.05. The zero-order valence-electron chi connectivity index (χ0n) is 18.6. The van der Waals surface area contributed by atoms with Gasteiger partial charge in [0, 0.05) is 44.4 Å². The molecule has 1 aromatic carbocycles. The standard InChI is InChI=1S/C23H25F2N5O3S/c1-3-17-12-16(13-20(25)22(17)29-34(2,32)33)15-27-21(31)7-5-18-4-6-19(14-24)28-23(18)30-10-8-26-9-11-30/h1,4-7,12-13,26,29H,8-11,14-15H2,2H3,(H,27,31)/b7-5+. The van der Waals surface area contributed by atoms with E-state index in [2.05, 4.69) is 26.3 Å². The highest BCUT2D eigenvalue weighted by atomic mass is 32.2. The van der Waals surface area contributed by atoms with Crippen molar-refractivity contribution in [2.24, 2.45) is 0 Å². The Bertz CT molecular complexity index is 1240. The van der Waals surface area contributed by atoms with Crippen LogP contribution >= 0.6 is 0 Å². The van der Waals surface area contributed by atoms with Gasteiger partial charge in [-0.2, -0.15) is 0 Å². The van der Waals surface area contributed by atoms with Crippen LogP contribution in [0.3, 0.4) is 0 Å². The minimum absolute atomic E-state index is 0.0184. The molecule has 1 aliphatic heterocycles. The minimum atomic E-state index is -3.72. The lowest BCUT2D eigenvalue weighted by Crippen LogP contribution is -2.44. The Labute approximate surface area is 197 Å². The lowest BCUT2D eigenvalue weighted by molar-refractivity contribution is -0.116. The number of sulfonamides is 1. The fourth-order valence-electron chi connectivity index (χ4n) is 3.41. The lowest BCUT2D eigenvalue weighted by atomic mass is 10.1. The SMILES string of the molecule is C#Cc1cc(CNC(=O)/C=C/c2ccc(CF)nc2N2CCNCC2)cc(F)c1NS(C)(=O)=O. The van der Waals surface area contributed by atoms with Crippen LogP contribution < -0.4 is 20.3 Å². The molecule has 3 N–H and O–H groups in total. The maximum atomic E-state index is 14.4. The van der Waals surface area contributed by atoms with E-state index >= 15 is 0 Å². The molecule has 34 heavy (non-hydrogen) atoms. The molecule has 8 nitrogen and oxygen atoms in total. The van der Waals surface area contributed by atoms with Crippen LogP contribution in [-0.4, -0.2) is 51.7 Å². The number of halogens is 2. The topological polar surface area (TPSA) is 103 Å². The minimum Gasteiger partial charge on any atom is -0.354 e. The first-order valence-electron chi connectivity index (χ1n) is 10.4. The zero-order chi connectivity index (χ0) is 24.7. The van der Waals surface area contributed by atoms with E-state index in [0.717, 1.165) is 25.4 Å². The summed E-state index contributed by atoms with van der Waals surface area (Å²) in [6, 6.07) is 5.80. The predicted octanol–water partition coefficient (Wildman–Crippen LogP) is 1.78. The molecule has 11 heteroatoms. The number of rotatable bonds is 8. The third-order valence-electron chi connectivity index (χ3n) is 4.99. The molecule has 3 rings (SSSR count). The van der Waals surface area contributed by atoms with Crippen LogP contribution in [0.5, 0.6) is 0 Å². The van der Waals surface area contributed by atoms with Gasteiger partial charge >= 0.3 is 0 Å².